The average Bonchev–Trinajstić information content (AvgIpc) is 2.69. The Morgan fingerprint density at radius 2 is 1.62 bits per heavy atom. The summed E-state index contributed by atoms with van der Waals surface area (Å²) in [5.41, 5.74) is 2.47. The molecule has 6 heteroatoms. The second-order valence-electron chi connectivity index (χ2n) is 7.71. The van der Waals surface area contributed by atoms with Gasteiger partial charge in [-0.15, -0.1) is 0 Å². The van der Waals surface area contributed by atoms with Crippen molar-refractivity contribution < 1.29 is 14.7 Å². The van der Waals surface area contributed by atoms with Gasteiger partial charge in [0, 0.05) is 23.6 Å². The molecule has 0 fully saturated rings. The van der Waals surface area contributed by atoms with Crippen LogP contribution in [0.1, 0.15) is 47.1 Å². The molecule has 0 spiro atoms. The minimum atomic E-state index is -0.385. The van der Waals surface area contributed by atoms with Gasteiger partial charge in [-0.1, -0.05) is 32.9 Å². The molecule has 0 aliphatic heterocycles. The highest BCUT2D eigenvalue weighted by molar-refractivity contribution is 6.07. The first kappa shape index (κ1) is 20.1. The number of nitrogens with zero attached hydrogens (tertiary/aromatic N) is 1. The summed E-state index contributed by atoms with van der Waals surface area (Å²) < 4.78 is 0. The molecule has 1 aromatic heterocycles. The molecule has 2 amide bonds. The Hall–Kier alpha value is -3.67. The van der Waals surface area contributed by atoms with Crippen LogP contribution < -0.4 is 10.6 Å². The maximum Gasteiger partial charge on any atom is 0.257 e. The van der Waals surface area contributed by atoms with Crippen LogP contribution in [0.15, 0.2) is 67.0 Å². The molecule has 148 valence electrons. The molecule has 3 N–H and O–H groups in total. The van der Waals surface area contributed by atoms with Gasteiger partial charge in [0.2, 0.25) is 0 Å². The summed E-state index contributed by atoms with van der Waals surface area (Å²) in [6.45, 7) is 6.16. The molecule has 6 nitrogen and oxygen atoms in total. The third-order valence-corrected chi connectivity index (χ3v) is 4.42. The fourth-order valence-electron chi connectivity index (χ4n) is 2.74. The second kappa shape index (κ2) is 8.14. The number of aromatic hydroxyl groups is 1. The Kier molecular flexibility index (Phi) is 5.64. The van der Waals surface area contributed by atoms with Gasteiger partial charge in [-0.3, -0.25) is 14.6 Å². The number of amides is 2. The Balaban J connectivity index is 1.77. The Bertz CT molecular complexity index is 1040. The lowest BCUT2D eigenvalue weighted by molar-refractivity contribution is 0.101. The average molecular weight is 389 g/mol. The lowest BCUT2D eigenvalue weighted by atomic mass is 9.87. The van der Waals surface area contributed by atoms with Crippen LogP contribution in [0.4, 0.5) is 11.4 Å². The second-order valence-corrected chi connectivity index (χ2v) is 7.71. The van der Waals surface area contributed by atoms with Crippen LogP contribution in [-0.2, 0) is 5.41 Å². The number of pyridine rings is 1. The Morgan fingerprint density at radius 3 is 2.31 bits per heavy atom. The molecule has 0 aliphatic carbocycles. The number of phenolic OH excluding ortho intramolecular Hbond substituents is 1. The summed E-state index contributed by atoms with van der Waals surface area (Å²) in [6.07, 6.45) is 3.06. The first-order chi connectivity index (χ1) is 13.7. The van der Waals surface area contributed by atoms with Gasteiger partial charge in [-0.2, -0.15) is 0 Å². The highest BCUT2D eigenvalue weighted by Crippen LogP contribution is 2.31. The lowest BCUT2D eigenvalue weighted by Gasteiger charge is -2.20. The van der Waals surface area contributed by atoms with Crippen molar-refractivity contribution in [3.8, 4) is 5.75 Å². The number of benzene rings is 2. The van der Waals surface area contributed by atoms with Crippen LogP contribution in [-0.4, -0.2) is 21.9 Å². The summed E-state index contributed by atoms with van der Waals surface area (Å²) in [7, 11) is 0. The van der Waals surface area contributed by atoms with E-state index in [1.807, 2.05) is 6.07 Å². The van der Waals surface area contributed by atoms with E-state index in [0.717, 1.165) is 5.56 Å². The fourth-order valence-corrected chi connectivity index (χ4v) is 2.74. The summed E-state index contributed by atoms with van der Waals surface area (Å²) in [5, 5.41) is 15.6. The maximum atomic E-state index is 12.7. The van der Waals surface area contributed by atoms with Gasteiger partial charge in [-0.05, 0) is 53.4 Å². The van der Waals surface area contributed by atoms with Gasteiger partial charge < -0.3 is 15.7 Å². The van der Waals surface area contributed by atoms with Crippen molar-refractivity contribution in [2.24, 2.45) is 0 Å². The van der Waals surface area contributed by atoms with Crippen LogP contribution in [0.25, 0.3) is 0 Å². The molecule has 29 heavy (non-hydrogen) atoms. The number of nitrogens with one attached hydrogen (secondary N) is 2. The SMILES string of the molecule is CC(C)(C)c1ccc(O)c(NC(=O)c2cccc(NC(=O)c3cccnc3)c2)c1. The van der Waals surface area contributed by atoms with Crippen molar-refractivity contribution in [1.29, 1.82) is 0 Å². The minimum Gasteiger partial charge on any atom is -0.506 e. The molecule has 0 saturated heterocycles. The number of carbonyl (C=O) groups is 2. The molecule has 3 rings (SSSR count). The van der Waals surface area contributed by atoms with Crippen LogP contribution in [0.5, 0.6) is 5.75 Å². The van der Waals surface area contributed by atoms with Crippen LogP contribution in [0.2, 0.25) is 0 Å². The van der Waals surface area contributed by atoms with E-state index >= 15 is 0 Å². The minimum absolute atomic E-state index is 0.00705. The largest absolute Gasteiger partial charge is 0.506 e. The molecule has 0 bridgehead atoms. The fraction of sp³-hybridized carbons (Fsp3) is 0.174. The van der Waals surface area contributed by atoms with E-state index in [0.29, 0.717) is 22.5 Å². The zero-order chi connectivity index (χ0) is 21.0. The van der Waals surface area contributed by atoms with Crippen molar-refractivity contribution in [3.63, 3.8) is 0 Å². The zero-order valence-electron chi connectivity index (χ0n) is 16.6. The summed E-state index contributed by atoms with van der Waals surface area (Å²) in [4.78, 5) is 28.9. The summed E-state index contributed by atoms with van der Waals surface area (Å²) >= 11 is 0. The van der Waals surface area contributed by atoms with Gasteiger partial charge in [0.1, 0.15) is 5.75 Å². The van der Waals surface area contributed by atoms with Crippen LogP contribution in [0.3, 0.4) is 0 Å². The predicted octanol–water partition coefficient (Wildman–Crippen LogP) is 4.59. The van der Waals surface area contributed by atoms with Gasteiger partial charge in [-0.25, -0.2) is 0 Å². The number of rotatable bonds is 4. The van der Waals surface area contributed by atoms with Crippen molar-refractivity contribution in [2.45, 2.75) is 26.2 Å². The van der Waals surface area contributed by atoms with Crippen molar-refractivity contribution >= 4 is 23.2 Å². The van der Waals surface area contributed by atoms with Crippen molar-refractivity contribution in [2.75, 3.05) is 10.6 Å². The quantitative estimate of drug-likeness (QED) is 0.569. The molecular weight excluding hydrogens is 366 g/mol. The van der Waals surface area contributed by atoms with E-state index < -0.39 is 0 Å². The van der Waals surface area contributed by atoms with E-state index in [1.165, 1.54) is 6.20 Å². The van der Waals surface area contributed by atoms with Gasteiger partial charge in [0.15, 0.2) is 0 Å². The molecule has 1 heterocycles. The molecule has 2 aromatic carbocycles. The monoisotopic (exact) mass is 389 g/mol. The molecular formula is C23H23N3O3. The highest BCUT2D eigenvalue weighted by atomic mass is 16.3. The smallest absolute Gasteiger partial charge is 0.257 e. The van der Waals surface area contributed by atoms with E-state index in [1.54, 1.807) is 54.7 Å². The normalized spacial score (nSPS) is 11.0. The van der Waals surface area contributed by atoms with Gasteiger partial charge in [0.05, 0.1) is 11.3 Å². The molecule has 0 aliphatic rings. The van der Waals surface area contributed by atoms with E-state index in [9.17, 15) is 14.7 Å². The number of carbonyl (C=O) groups excluding carboxylic acids is 2. The summed E-state index contributed by atoms with van der Waals surface area (Å²) in [6, 6.07) is 15.1. The van der Waals surface area contributed by atoms with E-state index in [-0.39, 0.29) is 23.0 Å². The molecule has 0 radical (unpaired) electrons. The third-order valence-electron chi connectivity index (χ3n) is 4.42. The zero-order valence-corrected chi connectivity index (χ0v) is 16.6. The summed E-state index contributed by atoms with van der Waals surface area (Å²) in [5.74, 6) is -0.706. The van der Waals surface area contributed by atoms with Crippen molar-refractivity contribution in [1.82, 2.24) is 4.98 Å². The van der Waals surface area contributed by atoms with Gasteiger partial charge in [0.25, 0.3) is 11.8 Å². The molecule has 3 aromatic rings. The Morgan fingerprint density at radius 1 is 0.897 bits per heavy atom. The lowest BCUT2D eigenvalue weighted by Crippen LogP contribution is -2.16. The number of aromatic nitrogens is 1. The first-order valence-electron chi connectivity index (χ1n) is 9.20. The number of phenols is 1. The van der Waals surface area contributed by atoms with Crippen LogP contribution >= 0.6 is 0 Å². The molecule has 0 atom stereocenters. The van der Waals surface area contributed by atoms with Crippen LogP contribution in [0, 0.1) is 0 Å². The number of anilines is 2. The standard InChI is InChI=1S/C23H23N3O3/c1-23(2,3)17-9-10-20(27)19(13-17)26-21(28)15-6-4-8-18(12-15)25-22(29)16-7-5-11-24-14-16/h4-14,27H,1-3H3,(H,25,29)(H,26,28). The molecule has 0 saturated carbocycles. The van der Waals surface area contributed by atoms with E-state index in [2.05, 4.69) is 36.4 Å². The molecule has 0 unspecified atom stereocenters. The highest BCUT2D eigenvalue weighted by Gasteiger charge is 2.17. The Labute approximate surface area is 169 Å². The third kappa shape index (κ3) is 4.99. The first-order valence-corrected chi connectivity index (χ1v) is 9.20. The van der Waals surface area contributed by atoms with Gasteiger partial charge >= 0.3 is 0 Å². The number of hydrogen-bond acceptors (Lipinski definition) is 4. The van der Waals surface area contributed by atoms with Crippen molar-refractivity contribution in [3.05, 3.63) is 83.7 Å². The topological polar surface area (TPSA) is 91.3 Å². The predicted molar refractivity (Wildman–Crippen MR) is 113 cm³/mol. The maximum absolute atomic E-state index is 12.7. The number of hydrogen-bond donors (Lipinski definition) is 3. The van der Waals surface area contributed by atoms with E-state index in [4.69, 9.17) is 0 Å².